The van der Waals surface area contributed by atoms with E-state index in [-0.39, 0.29) is 11.1 Å². The standard InChI is InChI=1S/C18H10O4/c19-17-13(9-11-5-1-3-7-15(11)21-17)14-10-12-6-2-4-8-16(12)22-18(14)20/h1-10H. The summed E-state index contributed by atoms with van der Waals surface area (Å²) in [4.78, 5) is 24.3. The molecule has 0 aliphatic heterocycles. The quantitative estimate of drug-likeness (QED) is 0.503. The molecule has 0 saturated carbocycles. The lowest BCUT2D eigenvalue weighted by molar-refractivity contribution is 0.553. The third-order valence-corrected chi connectivity index (χ3v) is 3.57. The topological polar surface area (TPSA) is 60.4 Å². The van der Waals surface area contributed by atoms with Gasteiger partial charge in [-0.1, -0.05) is 36.4 Å². The third-order valence-electron chi connectivity index (χ3n) is 3.57. The van der Waals surface area contributed by atoms with Gasteiger partial charge in [0.2, 0.25) is 0 Å². The van der Waals surface area contributed by atoms with E-state index in [4.69, 9.17) is 8.83 Å². The maximum Gasteiger partial charge on any atom is 0.344 e. The molecule has 2 aromatic heterocycles. The van der Waals surface area contributed by atoms with E-state index in [2.05, 4.69) is 0 Å². The number of rotatable bonds is 1. The second-order valence-corrected chi connectivity index (χ2v) is 4.97. The van der Waals surface area contributed by atoms with Crippen molar-refractivity contribution in [2.45, 2.75) is 0 Å². The van der Waals surface area contributed by atoms with Crippen molar-refractivity contribution in [1.82, 2.24) is 0 Å². The Hall–Kier alpha value is -3.14. The predicted octanol–water partition coefficient (Wildman–Crippen LogP) is 3.57. The molecule has 0 atom stereocenters. The van der Waals surface area contributed by atoms with Gasteiger partial charge in [0, 0.05) is 10.8 Å². The number of fused-ring (bicyclic) bond motifs is 2. The van der Waals surface area contributed by atoms with Crippen molar-refractivity contribution in [3.63, 3.8) is 0 Å². The first-order chi connectivity index (χ1) is 10.7. The highest BCUT2D eigenvalue weighted by Crippen LogP contribution is 2.21. The Bertz CT molecular complexity index is 1030. The second-order valence-electron chi connectivity index (χ2n) is 4.97. The molecule has 2 aromatic carbocycles. The first kappa shape index (κ1) is 12.6. The SMILES string of the molecule is O=c1oc2ccccc2cc1-c1cc2ccccc2oc1=O. The summed E-state index contributed by atoms with van der Waals surface area (Å²) < 4.78 is 10.6. The van der Waals surface area contributed by atoms with Crippen LogP contribution in [0.2, 0.25) is 0 Å². The number of hydrogen-bond acceptors (Lipinski definition) is 4. The Morgan fingerprint density at radius 3 is 1.45 bits per heavy atom. The summed E-state index contributed by atoms with van der Waals surface area (Å²) in [6.45, 7) is 0. The summed E-state index contributed by atoms with van der Waals surface area (Å²) in [6, 6.07) is 17.6. The summed E-state index contributed by atoms with van der Waals surface area (Å²) in [5, 5.41) is 1.51. The minimum Gasteiger partial charge on any atom is -0.422 e. The summed E-state index contributed by atoms with van der Waals surface area (Å²) in [7, 11) is 0. The highest BCUT2D eigenvalue weighted by atomic mass is 16.4. The molecule has 2 heterocycles. The van der Waals surface area contributed by atoms with Gasteiger partial charge in [-0.3, -0.25) is 0 Å². The van der Waals surface area contributed by atoms with E-state index in [1.165, 1.54) is 0 Å². The Kier molecular flexibility index (Phi) is 2.69. The van der Waals surface area contributed by atoms with Crippen LogP contribution in [0, 0.1) is 0 Å². The smallest absolute Gasteiger partial charge is 0.344 e. The Morgan fingerprint density at radius 2 is 1.00 bits per heavy atom. The number of para-hydroxylation sites is 2. The van der Waals surface area contributed by atoms with Crippen LogP contribution in [-0.4, -0.2) is 0 Å². The average Bonchev–Trinajstić information content (AvgIpc) is 2.54. The van der Waals surface area contributed by atoms with Crippen LogP contribution >= 0.6 is 0 Å². The third kappa shape index (κ3) is 1.93. The lowest BCUT2D eigenvalue weighted by Crippen LogP contribution is -2.10. The molecular formula is C18H10O4. The van der Waals surface area contributed by atoms with Crippen LogP contribution in [0.1, 0.15) is 0 Å². The van der Waals surface area contributed by atoms with Gasteiger partial charge in [-0.05, 0) is 24.3 Å². The van der Waals surface area contributed by atoms with E-state index in [1.807, 2.05) is 24.3 Å². The maximum absolute atomic E-state index is 12.2. The van der Waals surface area contributed by atoms with Crippen molar-refractivity contribution in [2.75, 3.05) is 0 Å². The van der Waals surface area contributed by atoms with Crippen LogP contribution in [0.4, 0.5) is 0 Å². The summed E-state index contributed by atoms with van der Waals surface area (Å²) in [5.74, 6) is 0. The van der Waals surface area contributed by atoms with Crippen molar-refractivity contribution in [1.29, 1.82) is 0 Å². The zero-order valence-corrected chi connectivity index (χ0v) is 11.4. The van der Waals surface area contributed by atoms with Crippen molar-refractivity contribution in [3.8, 4) is 11.1 Å². The Morgan fingerprint density at radius 1 is 0.591 bits per heavy atom. The highest BCUT2D eigenvalue weighted by Gasteiger charge is 2.13. The molecule has 0 unspecified atom stereocenters. The normalized spacial score (nSPS) is 11.1. The molecule has 0 aliphatic rings. The lowest BCUT2D eigenvalue weighted by Gasteiger charge is -2.03. The molecule has 0 radical (unpaired) electrons. The van der Waals surface area contributed by atoms with Gasteiger partial charge in [-0.25, -0.2) is 9.59 Å². The highest BCUT2D eigenvalue weighted by molar-refractivity contribution is 5.85. The van der Waals surface area contributed by atoms with Crippen molar-refractivity contribution < 1.29 is 8.83 Å². The van der Waals surface area contributed by atoms with Gasteiger partial charge >= 0.3 is 11.3 Å². The van der Waals surface area contributed by atoms with Crippen molar-refractivity contribution in [2.24, 2.45) is 0 Å². The lowest BCUT2D eigenvalue weighted by atomic mass is 10.1. The van der Waals surface area contributed by atoms with Crippen LogP contribution in [0.3, 0.4) is 0 Å². The fourth-order valence-corrected chi connectivity index (χ4v) is 2.50. The molecule has 0 fully saturated rings. The molecule has 4 rings (SSSR count). The van der Waals surface area contributed by atoms with Crippen molar-refractivity contribution in [3.05, 3.63) is 81.5 Å². The second kappa shape index (κ2) is 4.70. The monoisotopic (exact) mass is 290 g/mol. The van der Waals surface area contributed by atoms with Crippen LogP contribution in [-0.2, 0) is 0 Å². The Balaban J connectivity index is 2.06. The molecule has 0 aliphatic carbocycles. The van der Waals surface area contributed by atoms with Crippen LogP contribution < -0.4 is 11.3 Å². The van der Waals surface area contributed by atoms with Gasteiger partial charge in [0.05, 0.1) is 11.1 Å². The van der Waals surface area contributed by atoms with Gasteiger partial charge in [-0.15, -0.1) is 0 Å². The van der Waals surface area contributed by atoms with Gasteiger partial charge in [0.15, 0.2) is 0 Å². The van der Waals surface area contributed by atoms with E-state index < -0.39 is 11.3 Å². The number of hydrogen-bond donors (Lipinski definition) is 0. The van der Waals surface area contributed by atoms with Crippen LogP contribution in [0.5, 0.6) is 0 Å². The molecule has 0 amide bonds. The largest absolute Gasteiger partial charge is 0.422 e. The first-order valence-electron chi connectivity index (χ1n) is 6.78. The zero-order valence-electron chi connectivity index (χ0n) is 11.4. The van der Waals surface area contributed by atoms with Gasteiger partial charge in [0.1, 0.15) is 11.2 Å². The van der Waals surface area contributed by atoms with Gasteiger partial charge in [0.25, 0.3) is 0 Å². The predicted molar refractivity (Wildman–Crippen MR) is 84.0 cm³/mol. The van der Waals surface area contributed by atoms with E-state index in [9.17, 15) is 9.59 Å². The number of benzene rings is 2. The molecule has 4 nitrogen and oxygen atoms in total. The molecule has 0 bridgehead atoms. The summed E-state index contributed by atoms with van der Waals surface area (Å²) >= 11 is 0. The molecule has 0 spiro atoms. The van der Waals surface area contributed by atoms with E-state index in [1.54, 1.807) is 36.4 Å². The molecule has 0 saturated heterocycles. The maximum atomic E-state index is 12.2. The molecule has 4 heteroatoms. The van der Waals surface area contributed by atoms with Gasteiger partial charge < -0.3 is 8.83 Å². The van der Waals surface area contributed by atoms with Crippen LogP contribution in [0.25, 0.3) is 33.1 Å². The first-order valence-corrected chi connectivity index (χ1v) is 6.78. The van der Waals surface area contributed by atoms with E-state index in [0.29, 0.717) is 11.2 Å². The fourth-order valence-electron chi connectivity index (χ4n) is 2.50. The zero-order chi connectivity index (χ0) is 15.1. The Labute approximate surface area is 124 Å². The summed E-state index contributed by atoms with van der Waals surface area (Å²) in [5.41, 5.74) is 0.279. The fraction of sp³-hybridized carbons (Fsp3) is 0. The average molecular weight is 290 g/mol. The van der Waals surface area contributed by atoms with Crippen molar-refractivity contribution >= 4 is 21.9 Å². The molecular weight excluding hydrogens is 280 g/mol. The molecule has 0 N–H and O–H groups in total. The van der Waals surface area contributed by atoms with E-state index >= 15 is 0 Å². The minimum atomic E-state index is -0.554. The molecule has 22 heavy (non-hydrogen) atoms. The molecule has 106 valence electrons. The van der Waals surface area contributed by atoms with Crippen LogP contribution in [0.15, 0.2) is 79.1 Å². The molecule has 4 aromatic rings. The summed E-state index contributed by atoms with van der Waals surface area (Å²) in [6.07, 6.45) is 0. The van der Waals surface area contributed by atoms with E-state index in [0.717, 1.165) is 10.8 Å². The minimum absolute atomic E-state index is 0.207. The van der Waals surface area contributed by atoms with Gasteiger partial charge in [-0.2, -0.15) is 0 Å².